The highest BCUT2D eigenvalue weighted by Gasteiger charge is 2.33. The molecule has 0 spiro atoms. The monoisotopic (exact) mass is 1920 g/mol. The first-order valence-electron chi connectivity index (χ1n) is 47.3. The number of aromatic amines is 4. The summed E-state index contributed by atoms with van der Waals surface area (Å²) in [7, 11) is 6.29. The van der Waals surface area contributed by atoms with Gasteiger partial charge >= 0.3 is 22.8 Å². The zero-order chi connectivity index (χ0) is 99.9. The fourth-order valence-corrected chi connectivity index (χ4v) is 18.9. The van der Waals surface area contributed by atoms with Gasteiger partial charge in [-0.1, -0.05) is 151 Å². The predicted octanol–water partition coefficient (Wildman–Crippen LogP) is 11.0. The largest absolute Gasteiger partial charge is 0.368 e. The Kier molecular flexibility index (Phi) is 27.7. The van der Waals surface area contributed by atoms with Crippen molar-refractivity contribution in [2.24, 2.45) is 28.2 Å². The molecule has 0 unspecified atom stereocenters. The number of anilines is 7. The van der Waals surface area contributed by atoms with Gasteiger partial charge in [-0.25, -0.2) is 36.7 Å². The molecule has 7 aromatic carbocycles. The fraction of sp³-hybridized carbons (Fsp3) is 0.356. The van der Waals surface area contributed by atoms with Crippen molar-refractivity contribution < 1.29 is 17.6 Å². The number of aryl methyl sites for hydroxylation is 8. The van der Waals surface area contributed by atoms with Crippen LogP contribution in [0.3, 0.4) is 0 Å². The molecule has 4 N–H and O–H groups in total. The second-order valence-electron chi connectivity index (χ2n) is 38.8. The van der Waals surface area contributed by atoms with Crippen molar-refractivity contribution in [1.82, 2.24) is 86.3 Å². The molecule has 37 heteroatoms. The number of H-pyrrole nitrogens is 4. The topological polar surface area (TPSA) is 330 Å². The molecular formula is C104H117F4N25O8. The lowest BCUT2D eigenvalue weighted by molar-refractivity contribution is 0.248. The molecule has 33 nitrogen and oxygen atoms in total. The lowest BCUT2D eigenvalue weighted by atomic mass is 9.87. The molecule has 13 heterocycles. The molecule has 4 aliphatic heterocycles. The molecule has 0 amide bonds. The summed E-state index contributed by atoms with van der Waals surface area (Å²) in [6.45, 7) is 34.7. The van der Waals surface area contributed by atoms with Crippen molar-refractivity contribution in [3.8, 4) is 0 Å². The van der Waals surface area contributed by atoms with E-state index in [0.717, 1.165) is 65.1 Å². The highest BCUT2D eigenvalue weighted by Crippen LogP contribution is 2.34. The van der Waals surface area contributed by atoms with Crippen LogP contribution in [0.25, 0.3) is 44.7 Å². The number of piperazine rings is 4. The van der Waals surface area contributed by atoms with Gasteiger partial charge in [-0.3, -0.25) is 85.5 Å². The number of nitrogens with one attached hydrogen (secondary N) is 4. The number of rotatable bonds is 17. The third-order valence-electron chi connectivity index (χ3n) is 26.9. The molecule has 0 atom stereocenters. The fourth-order valence-electron chi connectivity index (χ4n) is 18.9. The standard InChI is InChI=1S/C27H32FN7O2.C27H31FN6O2.2C25H27FN6O2/c1-27(2,3)20-7-5-18(6-8-20)16-33-11-13-34(14-12-33)25-30-23-22(24(36)31-26(37)32(23)4)35(25)17-19-9-10-29-15-21(19)28;1-27(2,3)19-9-7-10-20(16-19)32-12-14-33(15-13-32)25-29-23-22(24(35)30-26(36)31(23)4)34(25)17-18-8-5-6-11-21(18)28;1-16-12-17(2)14-19(13-16)30-8-10-31(11-9-30)24-27-22-21(23(33)28-25(34)29(22)3)32(24)15-18-6-4-5-7-20(18)26;1-16-8-9-17(2)20(14-16)30-10-12-31(13-11-30)24-27-22-21(23(33)28-25(34)29(22)3)32(24)15-18-6-4-5-7-19(18)26/h5-10,15H,11-14,16-17H2,1-4H3,(H,31,36,37);5-11,16H,12-15,17H2,1-4H3,(H,30,35,36);4-7,12-14H,8-11,15H2,1-3H3,(H,28,33,34);4-9,14H,10-13,15H2,1-3H3,(H,28,33,34). The summed E-state index contributed by atoms with van der Waals surface area (Å²) in [5.41, 5.74) is 12.2. The van der Waals surface area contributed by atoms with Crippen LogP contribution in [0.2, 0.25) is 0 Å². The average Bonchev–Trinajstić information content (AvgIpc) is 1.61. The Bertz CT molecular complexity index is 7890. The molecule has 0 aliphatic carbocycles. The highest BCUT2D eigenvalue weighted by atomic mass is 19.1. The first-order chi connectivity index (χ1) is 67.4. The van der Waals surface area contributed by atoms with Crippen molar-refractivity contribution in [2.75, 3.05) is 139 Å². The van der Waals surface area contributed by atoms with Crippen molar-refractivity contribution in [1.29, 1.82) is 0 Å². The number of hydrogen-bond acceptors (Lipinski definition) is 21. The van der Waals surface area contributed by atoms with E-state index < -0.39 is 50.8 Å². The van der Waals surface area contributed by atoms with Gasteiger partial charge in [0, 0.05) is 185 Å². The van der Waals surface area contributed by atoms with Gasteiger partial charge in [0.15, 0.2) is 44.7 Å². The van der Waals surface area contributed by atoms with Gasteiger partial charge < -0.3 is 34.3 Å². The van der Waals surface area contributed by atoms with Crippen LogP contribution in [0.15, 0.2) is 215 Å². The summed E-state index contributed by atoms with van der Waals surface area (Å²) in [6.07, 6.45) is 2.67. The summed E-state index contributed by atoms with van der Waals surface area (Å²) in [4.78, 5) is 150. The molecule has 734 valence electrons. The quantitative estimate of drug-likeness (QED) is 0.0615. The number of imidazole rings is 4. The number of halogens is 4. The maximum absolute atomic E-state index is 14.6. The van der Waals surface area contributed by atoms with Crippen LogP contribution in [-0.2, 0) is 71.7 Å². The number of fused-ring (bicyclic) bond motifs is 4. The number of pyridine rings is 1. The third-order valence-corrected chi connectivity index (χ3v) is 26.9. The second-order valence-corrected chi connectivity index (χ2v) is 38.8. The van der Waals surface area contributed by atoms with Crippen molar-refractivity contribution in [3.05, 3.63) is 344 Å². The first kappa shape index (κ1) is 97.2. The van der Waals surface area contributed by atoms with Gasteiger partial charge in [-0.15, -0.1) is 0 Å². The molecule has 4 aliphatic rings. The molecule has 4 saturated heterocycles. The van der Waals surface area contributed by atoms with E-state index in [0.29, 0.717) is 98.4 Å². The van der Waals surface area contributed by atoms with Gasteiger partial charge in [0.05, 0.1) is 32.4 Å². The summed E-state index contributed by atoms with van der Waals surface area (Å²) < 4.78 is 70.2. The smallest absolute Gasteiger partial charge is 0.329 e. The second kappa shape index (κ2) is 40.2. The Labute approximate surface area is 809 Å². The number of benzene rings is 7. The average molecular weight is 1920 g/mol. The number of hydrogen-bond donors (Lipinski definition) is 4. The van der Waals surface area contributed by atoms with Gasteiger partial charge in [-0.05, 0) is 132 Å². The van der Waals surface area contributed by atoms with E-state index in [2.05, 4.69) is 218 Å². The first-order valence-corrected chi connectivity index (χ1v) is 47.3. The van der Waals surface area contributed by atoms with Crippen molar-refractivity contribution in [3.63, 3.8) is 0 Å². The number of nitrogens with zero attached hydrogens (tertiary/aromatic N) is 21. The van der Waals surface area contributed by atoms with E-state index in [1.165, 1.54) is 98.7 Å². The van der Waals surface area contributed by atoms with Gasteiger partial charge in [-0.2, -0.15) is 19.9 Å². The van der Waals surface area contributed by atoms with Gasteiger partial charge in [0.25, 0.3) is 22.2 Å². The minimum atomic E-state index is -0.538. The Hall–Kier alpha value is -15.4. The summed E-state index contributed by atoms with van der Waals surface area (Å²) in [5.74, 6) is 0.715. The minimum Gasteiger partial charge on any atom is -0.368 e. The molecule has 9 aromatic heterocycles. The summed E-state index contributed by atoms with van der Waals surface area (Å²) >= 11 is 0. The van der Waals surface area contributed by atoms with E-state index in [9.17, 15) is 55.9 Å². The lowest BCUT2D eigenvalue weighted by Gasteiger charge is -2.37. The van der Waals surface area contributed by atoms with Crippen LogP contribution in [0.1, 0.15) is 103 Å². The maximum Gasteiger partial charge on any atom is 0.329 e. The number of aromatic nitrogens is 17. The van der Waals surface area contributed by atoms with E-state index in [-0.39, 0.29) is 99.1 Å². The molecule has 0 bridgehead atoms. The van der Waals surface area contributed by atoms with E-state index in [1.807, 2.05) is 0 Å². The van der Waals surface area contributed by atoms with Gasteiger partial charge in [0.1, 0.15) is 23.3 Å². The van der Waals surface area contributed by atoms with Crippen LogP contribution in [0.5, 0.6) is 0 Å². The molecule has 20 rings (SSSR count). The molecule has 141 heavy (non-hydrogen) atoms. The predicted molar refractivity (Wildman–Crippen MR) is 545 cm³/mol. The molecular weight excluding hydrogens is 1800 g/mol. The third kappa shape index (κ3) is 20.6. The van der Waals surface area contributed by atoms with Crippen LogP contribution in [0, 0.1) is 51.0 Å². The van der Waals surface area contributed by atoms with E-state index in [1.54, 1.807) is 107 Å². The Balaban J connectivity index is 0.000000130. The lowest BCUT2D eigenvalue weighted by Crippen LogP contribution is -2.47. The van der Waals surface area contributed by atoms with E-state index in [4.69, 9.17) is 19.9 Å². The summed E-state index contributed by atoms with van der Waals surface area (Å²) in [6, 6.07) is 51.5. The van der Waals surface area contributed by atoms with Crippen molar-refractivity contribution >= 4 is 85.5 Å². The van der Waals surface area contributed by atoms with Gasteiger partial charge in [0.2, 0.25) is 23.8 Å². The molecule has 0 saturated carbocycles. The SMILES string of the molecule is Cc1cc(C)cc(N2CCN(c3nc4c(c(=O)[nH]c(=O)n4C)n3Cc3ccccc3F)CC2)c1.Cc1ccc(C)c(N2CCN(c3nc4c(c(=O)[nH]c(=O)n4C)n3Cc3ccccc3F)CC2)c1.Cn1c(=O)[nH]c(=O)c2c1nc(N1CCN(Cc3ccc(C(C)(C)C)cc3)CC1)n2Cc1ccncc1F.Cn1c(=O)[nH]c(=O)c2c1nc(N1CCN(c3cccc(C(C)(C)C)c3)CC1)n2Cc1ccccc1F. The zero-order valence-corrected chi connectivity index (χ0v) is 81.8. The maximum atomic E-state index is 14.6. The molecule has 4 fully saturated rings. The van der Waals surface area contributed by atoms with Crippen molar-refractivity contribution in [2.45, 2.75) is 113 Å². The zero-order valence-electron chi connectivity index (χ0n) is 81.8. The Morgan fingerprint density at radius 1 is 0.312 bits per heavy atom. The highest BCUT2D eigenvalue weighted by molar-refractivity contribution is 5.78. The Morgan fingerprint density at radius 2 is 0.652 bits per heavy atom. The minimum absolute atomic E-state index is 0.0679. The molecule has 16 aromatic rings. The van der Waals surface area contributed by atoms with Crippen LogP contribution < -0.4 is 79.3 Å². The Morgan fingerprint density at radius 3 is 1.01 bits per heavy atom. The summed E-state index contributed by atoms with van der Waals surface area (Å²) in [5, 5.41) is 0. The van der Waals surface area contributed by atoms with Crippen LogP contribution >= 0.6 is 0 Å². The normalized spacial score (nSPS) is 14.5. The van der Waals surface area contributed by atoms with E-state index >= 15 is 0 Å². The van der Waals surface area contributed by atoms with Crippen LogP contribution in [-0.4, -0.2) is 191 Å². The molecule has 0 radical (unpaired) electrons. The van der Waals surface area contributed by atoms with Crippen LogP contribution in [0.4, 0.5) is 58.4 Å².